The Balaban J connectivity index is 2.19. The zero-order valence-corrected chi connectivity index (χ0v) is 14.1. The third-order valence-corrected chi connectivity index (χ3v) is 7.20. The fourth-order valence-corrected chi connectivity index (χ4v) is 5.71. The number of thiophene rings is 1. The lowest BCUT2D eigenvalue weighted by molar-refractivity contribution is 0.264. The van der Waals surface area contributed by atoms with Crippen molar-refractivity contribution >= 4 is 21.4 Å². The van der Waals surface area contributed by atoms with Crippen molar-refractivity contribution in [2.75, 3.05) is 19.6 Å². The van der Waals surface area contributed by atoms with Crippen molar-refractivity contribution < 1.29 is 8.42 Å². The highest BCUT2D eigenvalue weighted by molar-refractivity contribution is 7.91. The van der Waals surface area contributed by atoms with Gasteiger partial charge >= 0.3 is 0 Å². The van der Waals surface area contributed by atoms with Crippen molar-refractivity contribution in [1.82, 2.24) is 9.62 Å². The van der Waals surface area contributed by atoms with Crippen LogP contribution in [0.3, 0.4) is 0 Å². The molecule has 114 valence electrons. The van der Waals surface area contributed by atoms with Gasteiger partial charge in [0.15, 0.2) is 0 Å². The summed E-state index contributed by atoms with van der Waals surface area (Å²) in [5, 5.41) is 3.36. The Morgan fingerprint density at radius 3 is 2.70 bits per heavy atom. The van der Waals surface area contributed by atoms with Gasteiger partial charge in [-0.05, 0) is 64.8 Å². The third-order valence-electron chi connectivity index (χ3n) is 3.69. The maximum Gasteiger partial charge on any atom is 0.252 e. The van der Waals surface area contributed by atoms with E-state index in [0.717, 1.165) is 30.8 Å². The summed E-state index contributed by atoms with van der Waals surface area (Å²) >= 11 is 1.36. The average molecular weight is 316 g/mol. The molecule has 1 N–H and O–H groups in total. The van der Waals surface area contributed by atoms with E-state index in [0.29, 0.717) is 16.7 Å². The third kappa shape index (κ3) is 3.61. The second-order valence-corrected chi connectivity index (χ2v) is 9.15. The Morgan fingerprint density at radius 2 is 2.20 bits per heavy atom. The minimum Gasteiger partial charge on any atom is -0.316 e. The minimum absolute atomic E-state index is 0.00988. The van der Waals surface area contributed by atoms with E-state index in [1.807, 2.05) is 26.8 Å². The van der Waals surface area contributed by atoms with Gasteiger partial charge in [0.2, 0.25) is 0 Å². The zero-order chi connectivity index (χ0) is 14.8. The molecule has 1 unspecified atom stereocenters. The first kappa shape index (κ1) is 15.9. The minimum atomic E-state index is -3.35. The molecular formula is C14H24N2O2S2. The van der Waals surface area contributed by atoms with E-state index in [4.69, 9.17) is 0 Å². The molecule has 0 bridgehead atoms. The summed E-state index contributed by atoms with van der Waals surface area (Å²) in [6.45, 7) is 8.43. The Kier molecular flexibility index (Phi) is 5.23. The van der Waals surface area contributed by atoms with Crippen LogP contribution in [0.4, 0.5) is 0 Å². The summed E-state index contributed by atoms with van der Waals surface area (Å²) in [5.74, 6) is 0.419. The summed E-state index contributed by atoms with van der Waals surface area (Å²) < 4.78 is 27.7. The van der Waals surface area contributed by atoms with Crippen LogP contribution in [-0.2, 0) is 10.0 Å². The van der Waals surface area contributed by atoms with Gasteiger partial charge in [0, 0.05) is 17.5 Å². The Bertz CT molecular complexity index is 531. The Morgan fingerprint density at radius 1 is 1.45 bits per heavy atom. The van der Waals surface area contributed by atoms with Crippen LogP contribution in [0.5, 0.6) is 0 Å². The Hall–Kier alpha value is -0.430. The predicted molar refractivity (Wildman–Crippen MR) is 83.7 cm³/mol. The van der Waals surface area contributed by atoms with Crippen LogP contribution in [0, 0.1) is 12.8 Å². The number of rotatable bonds is 5. The molecule has 1 fully saturated rings. The van der Waals surface area contributed by atoms with Crippen molar-refractivity contribution in [3.05, 3.63) is 17.0 Å². The van der Waals surface area contributed by atoms with Crippen LogP contribution in [0.1, 0.15) is 31.6 Å². The SMILES string of the molecule is Cc1ccc(S(=O)(=O)N(CC2CCCNC2)C(C)C)s1. The molecule has 2 heterocycles. The molecule has 0 amide bonds. The first-order valence-corrected chi connectivity index (χ1v) is 9.46. The fourth-order valence-electron chi connectivity index (χ4n) is 2.59. The van der Waals surface area contributed by atoms with Crippen molar-refractivity contribution in [1.29, 1.82) is 0 Å². The van der Waals surface area contributed by atoms with Crippen molar-refractivity contribution in [3.8, 4) is 0 Å². The van der Waals surface area contributed by atoms with Gasteiger partial charge in [0.25, 0.3) is 10.0 Å². The molecule has 0 spiro atoms. The molecule has 6 heteroatoms. The second kappa shape index (κ2) is 6.56. The largest absolute Gasteiger partial charge is 0.316 e. The average Bonchev–Trinajstić information content (AvgIpc) is 2.84. The maximum absolute atomic E-state index is 12.8. The van der Waals surface area contributed by atoms with Crippen LogP contribution < -0.4 is 5.32 Å². The molecule has 1 aliphatic heterocycles. The van der Waals surface area contributed by atoms with Gasteiger partial charge < -0.3 is 5.32 Å². The smallest absolute Gasteiger partial charge is 0.252 e. The van der Waals surface area contributed by atoms with E-state index < -0.39 is 10.0 Å². The van der Waals surface area contributed by atoms with E-state index in [1.165, 1.54) is 11.3 Å². The summed E-state index contributed by atoms with van der Waals surface area (Å²) in [7, 11) is -3.35. The molecule has 0 aliphatic carbocycles. The molecule has 1 saturated heterocycles. The summed E-state index contributed by atoms with van der Waals surface area (Å²) in [6.07, 6.45) is 2.24. The van der Waals surface area contributed by atoms with Crippen LogP contribution in [0.15, 0.2) is 16.3 Å². The highest BCUT2D eigenvalue weighted by atomic mass is 32.2. The molecule has 20 heavy (non-hydrogen) atoms. The molecule has 1 aliphatic rings. The van der Waals surface area contributed by atoms with Crippen molar-refractivity contribution in [3.63, 3.8) is 0 Å². The summed E-state index contributed by atoms with van der Waals surface area (Å²) in [5.41, 5.74) is 0. The van der Waals surface area contributed by atoms with Gasteiger partial charge in [-0.2, -0.15) is 4.31 Å². The molecule has 1 atom stereocenters. The maximum atomic E-state index is 12.8. The van der Waals surface area contributed by atoms with E-state index in [-0.39, 0.29) is 6.04 Å². The Labute approximate surface area is 126 Å². The molecule has 1 aromatic rings. The number of nitrogens with zero attached hydrogens (tertiary/aromatic N) is 1. The number of hydrogen-bond donors (Lipinski definition) is 1. The summed E-state index contributed by atoms with van der Waals surface area (Å²) in [6, 6.07) is 3.59. The van der Waals surface area contributed by atoms with E-state index in [2.05, 4.69) is 5.32 Å². The monoisotopic (exact) mass is 316 g/mol. The highest BCUT2D eigenvalue weighted by Gasteiger charge is 2.30. The second-order valence-electron chi connectivity index (χ2n) is 5.75. The van der Waals surface area contributed by atoms with E-state index in [9.17, 15) is 8.42 Å². The van der Waals surface area contributed by atoms with Crippen LogP contribution in [0.2, 0.25) is 0 Å². The molecule has 0 saturated carbocycles. The normalized spacial score (nSPS) is 20.8. The molecule has 0 radical (unpaired) electrons. The van der Waals surface area contributed by atoms with Crippen LogP contribution in [0.25, 0.3) is 0 Å². The predicted octanol–water partition coefficient (Wildman–Crippen LogP) is 2.46. The van der Waals surface area contributed by atoms with E-state index in [1.54, 1.807) is 10.4 Å². The quantitative estimate of drug-likeness (QED) is 0.908. The molecule has 4 nitrogen and oxygen atoms in total. The summed E-state index contributed by atoms with van der Waals surface area (Å²) in [4.78, 5) is 1.03. The number of piperidine rings is 1. The lowest BCUT2D eigenvalue weighted by Crippen LogP contribution is -2.43. The lowest BCUT2D eigenvalue weighted by atomic mass is 9.99. The van der Waals surface area contributed by atoms with Gasteiger partial charge in [-0.15, -0.1) is 11.3 Å². The molecule has 2 rings (SSSR count). The molecule has 0 aromatic carbocycles. The first-order chi connectivity index (χ1) is 9.41. The standard InChI is InChI=1S/C14H24N2O2S2/c1-11(2)16(10-13-5-4-8-15-9-13)20(17,18)14-7-6-12(3)19-14/h6-7,11,13,15H,4-5,8-10H2,1-3H3. The van der Waals surface area contributed by atoms with Gasteiger partial charge in [-0.25, -0.2) is 8.42 Å². The van der Waals surface area contributed by atoms with Gasteiger partial charge in [-0.1, -0.05) is 0 Å². The van der Waals surface area contributed by atoms with E-state index >= 15 is 0 Å². The van der Waals surface area contributed by atoms with Crippen LogP contribution in [-0.4, -0.2) is 38.4 Å². The fraction of sp³-hybridized carbons (Fsp3) is 0.714. The number of sulfonamides is 1. The number of aryl methyl sites for hydroxylation is 1. The van der Waals surface area contributed by atoms with Crippen molar-refractivity contribution in [2.45, 2.75) is 43.9 Å². The first-order valence-electron chi connectivity index (χ1n) is 7.20. The lowest BCUT2D eigenvalue weighted by Gasteiger charge is -2.31. The van der Waals surface area contributed by atoms with Crippen molar-refractivity contribution in [2.24, 2.45) is 5.92 Å². The topological polar surface area (TPSA) is 49.4 Å². The number of nitrogens with one attached hydrogen (secondary N) is 1. The van der Waals surface area contributed by atoms with Gasteiger partial charge in [0.05, 0.1) is 0 Å². The molecule has 1 aromatic heterocycles. The van der Waals surface area contributed by atoms with Crippen LogP contribution >= 0.6 is 11.3 Å². The van der Waals surface area contributed by atoms with Gasteiger partial charge in [0.1, 0.15) is 4.21 Å². The highest BCUT2D eigenvalue weighted by Crippen LogP contribution is 2.27. The molecular weight excluding hydrogens is 292 g/mol. The number of hydrogen-bond acceptors (Lipinski definition) is 4. The van der Waals surface area contributed by atoms with Gasteiger partial charge in [-0.3, -0.25) is 0 Å². The zero-order valence-electron chi connectivity index (χ0n) is 12.4.